The Morgan fingerprint density at radius 3 is 2.41 bits per heavy atom. The Morgan fingerprint density at radius 1 is 1.06 bits per heavy atom. The molecule has 5 unspecified atom stereocenters. The molecule has 0 radical (unpaired) electrons. The molecule has 3 rings (SSSR count). The molecule has 1 aliphatic rings. The minimum atomic E-state index is -1.50. The third-order valence-corrected chi connectivity index (χ3v) is 5.72. The average Bonchev–Trinajstić information content (AvgIpc) is 2.79. The Labute approximate surface area is 192 Å². The van der Waals surface area contributed by atoms with Crippen molar-refractivity contribution in [1.82, 2.24) is 0 Å². The molecule has 5 atom stereocenters. The maximum Gasteiger partial charge on any atom is 0.127 e. The van der Waals surface area contributed by atoms with Crippen molar-refractivity contribution in [2.45, 2.75) is 43.9 Å². The first-order valence-corrected chi connectivity index (χ1v) is 10.9. The summed E-state index contributed by atoms with van der Waals surface area (Å²) in [5.74, 6) is 1.13. The van der Waals surface area contributed by atoms with Crippen LogP contribution in [0.3, 0.4) is 0 Å². The van der Waals surface area contributed by atoms with E-state index in [1.165, 1.54) is 0 Å². The van der Waals surface area contributed by atoms with Gasteiger partial charge in [-0.25, -0.2) is 0 Å². The molecular weight excluding hydrogens is 436 g/mol. The highest BCUT2D eigenvalue weighted by atomic mass is 35.5. The molecule has 7 nitrogen and oxygen atoms in total. The molecule has 174 valence electrons. The summed E-state index contributed by atoms with van der Waals surface area (Å²) in [7, 11) is 0. The molecule has 0 aromatic heterocycles. The van der Waals surface area contributed by atoms with Crippen molar-refractivity contribution in [3.63, 3.8) is 0 Å². The van der Waals surface area contributed by atoms with E-state index in [2.05, 4.69) is 6.58 Å². The van der Waals surface area contributed by atoms with Gasteiger partial charge in [0.25, 0.3) is 0 Å². The average molecular weight is 465 g/mol. The first-order valence-electron chi connectivity index (χ1n) is 10.5. The molecule has 2 aromatic carbocycles. The predicted octanol–water partition coefficient (Wildman–Crippen LogP) is 2.41. The predicted molar refractivity (Wildman–Crippen MR) is 120 cm³/mol. The smallest absolute Gasteiger partial charge is 0.127 e. The Kier molecular flexibility index (Phi) is 8.53. The van der Waals surface area contributed by atoms with Crippen molar-refractivity contribution >= 4 is 11.6 Å². The number of hydrogen-bond donors (Lipinski definition) is 4. The summed E-state index contributed by atoms with van der Waals surface area (Å²) in [5.41, 5.74) is 2.21. The molecule has 4 N–H and O–H groups in total. The van der Waals surface area contributed by atoms with E-state index in [0.717, 1.165) is 16.9 Å². The first-order chi connectivity index (χ1) is 15.4. The lowest BCUT2D eigenvalue weighted by atomic mass is 9.89. The van der Waals surface area contributed by atoms with Gasteiger partial charge in [-0.3, -0.25) is 0 Å². The van der Waals surface area contributed by atoms with Crippen molar-refractivity contribution in [1.29, 1.82) is 0 Å². The van der Waals surface area contributed by atoms with Crippen LogP contribution in [0.25, 0.3) is 0 Å². The van der Waals surface area contributed by atoms with Crippen LogP contribution in [-0.4, -0.2) is 64.7 Å². The molecule has 0 bridgehead atoms. The maximum atomic E-state index is 10.6. The molecule has 32 heavy (non-hydrogen) atoms. The third kappa shape index (κ3) is 5.43. The topological polar surface area (TPSA) is 109 Å². The summed E-state index contributed by atoms with van der Waals surface area (Å²) < 4.78 is 17.0. The van der Waals surface area contributed by atoms with Gasteiger partial charge in [0, 0.05) is 10.6 Å². The van der Waals surface area contributed by atoms with Gasteiger partial charge in [0.1, 0.15) is 48.6 Å². The summed E-state index contributed by atoms with van der Waals surface area (Å²) in [4.78, 5) is 0. The summed E-state index contributed by atoms with van der Waals surface area (Å²) >= 11 is 6.53. The lowest BCUT2D eigenvalue weighted by Crippen LogP contribution is -2.55. The van der Waals surface area contributed by atoms with Crippen molar-refractivity contribution in [2.75, 3.05) is 19.8 Å². The fourth-order valence-corrected chi connectivity index (χ4v) is 3.92. The van der Waals surface area contributed by atoms with Crippen molar-refractivity contribution < 1.29 is 34.6 Å². The lowest BCUT2D eigenvalue weighted by molar-refractivity contribution is -0.232. The van der Waals surface area contributed by atoms with Gasteiger partial charge in [-0.15, -0.1) is 0 Å². The molecule has 0 aliphatic carbocycles. The molecular formula is C24H29ClO7. The number of hydrogen-bond acceptors (Lipinski definition) is 7. The van der Waals surface area contributed by atoms with E-state index in [-0.39, 0.29) is 6.61 Å². The third-order valence-electron chi connectivity index (χ3n) is 5.36. The number of ether oxygens (including phenoxy) is 3. The van der Waals surface area contributed by atoms with Crippen molar-refractivity contribution in [3.8, 4) is 11.5 Å². The Bertz CT molecular complexity index is 900. The van der Waals surface area contributed by atoms with Crippen LogP contribution in [0.15, 0.2) is 49.1 Å². The molecule has 0 amide bonds. The molecule has 0 spiro atoms. The molecule has 0 saturated carbocycles. The SMILES string of the molecule is C=CCOc1cc(Cl)c(Cc2ccc(OCC)cc2)cc1C1OC(CO)C(O)C(O)C1O. The fourth-order valence-electron chi connectivity index (χ4n) is 3.70. The van der Waals surface area contributed by atoms with Crippen molar-refractivity contribution in [2.24, 2.45) is 0 Å². The highest BCUT2D eigenvalue weighted by Gasteiger charge is 2.45. The van der Waals surface area contributed by atoms with Crippen molar-refractivity contribution in [3.05, 3.63) is 70.8 Å². The van der Waals surface area contributed by atoms with E-state index >= 15 is 0 Å². The van der Waals surface area contributed by atoms with Crippen LogP contribution in [0.4, 0.5) is 0 Å². The van der Waals surface area contributed by atoms with Crippen LogP contribution in [0.2, 0.25) is 5.02 Å². The molecule has 1 aliphatic heterocycles. The zero-order valence-corrected chi connectivity index (χ0v) is 18.6. The molecule has 2 aromatic rings. The second kappa shape index (κ2) is 11.1. The molecule has 1 heterocycles. The minimum Gasteiger partial charge on any atom is -0.494 e. The first kappa shape index (κ1) is 24.5. The standard InChI is InChI=1S/C24H29ClO7/c1-3-9-31-19-12-18(25)15(10-14-5-7-16(8-6-14)30-4-2)11-17(19)24-23(29)22(28)21(27)20(13-26)32-24/h3,5-8,11-12,20-24,26-29H,1,4,9-10,13H2,2H3. The van der Waals surface area contributed by atoms with E-state index < -0.39 is 37.1 Å². The van der Waals surface area contributed by atoms with Gasteiger partial charge in [-0.1, -0.05) is 36.4 Å². The normalized spacial score (nSPS) is 25.4. The van der Waals surface area contributed by atoms with Gasteiger partial charge in [0.15, 0.2) is 0 Å². The number of rotatable bonds is 9. The van der Waals surface area contributed by atoms with Crippen LogP contribution in [0.5, 0.6) is 11.5 Å². The van der Waals surface area contributed by atoms with E-state index in [9.17, 15) is 20.4 Å². The minimum absolute atomic E-state index is 0.193. The number of aliphatic hydroxyl groups is 4. The van der Waals surface area contributed by atoms with Crippen LogP contribution in [0, 0.1) is 0 Å². The molecule has 1 saturated heterocycles. The fraction of sp³-hybridized carbons (Fsp3) is 0.417. The summed E-state index contributed by atoms with van der Waals surface area (Å²) in [5, 5.41) is 41.0. The highest BCUT2D eigenvalue weighted by molar-refractivity contribution is 6.31. The second-order valence-electron chi connectivity index (χ2n) is 7.58. The second-order valence-corrected chi connectivity index (χ2v) is 7.99. The van der Waals surface area contributed by atoms with E-state index in [0.29, 0.717) is 29.4 Å². The number of aliphatic hydroxyl groups excluding tert-OH is 4. The van der Waals surface area contributed by atoms with E-state index in [4.69, 9.17) is 25.8 Å². The van der Waals surface area contributed by atoms with Gasteiger partial charge < -0.3 is 34.6 Å². The zero-order valence-electron chi connectivity index (χ0n) is 17.9. The van der Waals surface area contributed by atoms with Gasteiger partial charge in [0.2, 0.25) is 0 Å². The van der Waals surface area contributed by atoms with Crippen LogP contribution in [0.1, 0.15) is 29.7 Å². The quantitative estimate of drug-likeness (QED) is 0.422. The van der Waals surface area contributed by atoms with Gasteiger partial charge in [0.05, 0.1) is 13.2 Å². The summed E-state index contributed by atoms with van der Waals surface area (Å²) in [6.07, 6.45) is -4.38. The van der Waals surface area contributed by atoms with Gasteiger partial charge in [-0.2, -0.15) is 0 Å². The van der Waals surface area contributed by atoms with E-state index in [1.807, 2.05) is 31.2 Å². The number of halogens is 1. The number of benzene rings is 2. The summed E-state index contributed by atoms with van der Waals surface area (Å²) in [6.45, 7) is 5.82. The van der Waals surface area contributed by atoms with Crippen LogP contribution in [-0.2, 0) is 11.2 Å². The maximum absolute atomic E-state index is 10.6. The molecule has 1 fully saturated rings. The summed E-state index contributed by atoms with van der Waals surface area (Å²) in [6, 6.07) is 11.0. The Hall–Kier alpha value is -2.13. The van der Waals surface area contributed by atoms with Gasteiger partial charge >= 0.3 is 0 Å². The monoisotopic (exact) mass is 464 g/mol. The van der Waals surface area contributed by atoms with Gasteiger partial charge in [-0.05, 0) is 48.7 Å². The molecule has 8 heteroatoms. The lowest BCUT2D eigenvalue weighted by Gasteiger charge is -2.40. The zero-order chi connectivity index (χ0) is 23.3. The Morgan fingerprint density at radius 2 is 1.78 bits per heavy atom. The Balaban J connectivity index is 1.96. The van der Waals surface area contributed by atoms with Crippen LogP contribution >= 0.6 is 11.6 Å². The van der Waals surface area contributed by atoms with Crippen LogP contribution < -0.4 is 9.47 Å². The highest BCUT2D eigenvalue weighted by Crippen LogP contribution is 2.40. The van der Waals surface area contributed by atoms with E-state index in [1.54, 1.807) is 18.2 Å². The largest absolute Gasteiger partial charge is 0.494 e.